The minimum absolute atomic E-state index is 0.0427. The van der Waals surface area contributed by atoms with Gasteiger partial charge >= 0.3 is 5.97 Å². The molecule has 2 aromatic rings. The lowest BCUT2D eigenvalue weighted by Crippen LogP contribution is -2.43. The lowest BCUT2D eigenvalue weighted by molar-refractivity contribution is 0.0468. The molecule has 0 bridgehead atoms. The Morgan fingerprint density at radius 1 is 1.19 bits per heavy atom. The maximum Gasteiger partial charge on any atom is 0.337 e. The first-order valence-corrected chi connectivity index (χ1v) is 10.1. The zero-order valence-electron chi connectivity index (χ0n) is 16.0. The summed E-state index contributed by atoms with van der Waals surface area (Å²) in [5.74, 6) is 0.210. The van der Waals surface area contributed by atoms with E-state index in [1.807, 2.05) is 12.1 Å². The normalized spacial score (nSPS) is 27.2. The highest BCUT2D eigenvalue weighted by molar-refractivity contribution is 5.89. The number of ether oxygens (including phenoxy) is 1. The van der Waals surface area contributed by atoms with Crippen LogP contribution in [0.15, 0.2) is 48.5 Å². The van der Waals surface area contributed by atoms with E-state index in [1.165, 1.54) is 23.8 Å². The number of benzene rings is 2. The number of hydrogen-bond donors (Lipinski definition) is 1. The number of aliphatic hydroxyl groups is 1. The standard InChI is InChI=1S/C24H28O3/c1-27-23(26)19-10-11-22-18(14-19)8-5-9-20-15-21(25)12-13-24(20,22)16-17-6-3-2-4-7-17/h2-4,6-7,10-11,14,20-21,25H,5,8-9,12-13,15-16H2,1H3. The van der Waals surface area contributed by atoms with Crippen LogP contribution >= 0.6 is 0 Å². The highest BCUT2D eigenvalue weighted by Crippen LogP contribution is 2.51. The van der Waals surface area contributed by atoms with Crippen molar-refractivity contribution in [2.24, 2.45) is 5.92 Å². The van der Waals surface area contributed by atoms with Gasteiger partial charge in [-0.25, -0.2) is 4.79 Å². The van der Waals surface area contributed by atoms with Crippen molar-refractivity contribution in [3.63, 3.8) is 0 Å². The van der Waals surface area contributed by atoms with Gasteiger partial charge in [-0.05, 0) is 79.7 Å². The maximum atomic E-state index is 12.0. The van der Waals surface area contributed by atoms with Crippen molar-refractivity contribution in [3.8, 4) is 0 Å². The monoisotopic (exact) mass is 364 g/mol. The van der Waals surface area contributed by atoms with Crippen LogP contribution in [0.5, 0.6) is 0 Å². The van der Waals surface area contributed by atoms with Crippen LogP contribution in [-0.2, 0) is 23.0 Å². The van der Waals surface area contributed by atoms with E-state index in [-0.39, 0.29) is 17.5 Å². The number of aliphatic hydroxyl groups excluding tert-OH is 1. The molecule has 27 heavy (non-hydrogen) atoms. The summed E-state index contributed by atoms with van der Waals surface area (Å²) in [6.45, 7) is 0. The summed E-state index contributed by atoms with van der Waals surface area (Å²) in [5, 5.41) is 10.4. The first kappa shape index (κ1) is 18.2. The fourth-order valence-electron chi connectivity index (χ4n) is 5.41. The number of fused-ring (bicyclic) bond motifs is 3. The molecule has 2 aliphatic carbocycles. The van der Waals surface area contributed by atoms with Crippen LogP contribution in [-0.4, -0.2) is 24.3 Å². The molecule has 3 heteroatoms. The third kappa shape index (κ3) is 3.41. The van der Waals surface area contributed by atoms with Gasteiger partial charge in [-0.1, -0.05) is 36.4 Å². The molecule has 3 nitrogen and oxygen atoms in total. The second kappa shape index (κ2) is 7.47. The Kier molecular flexibility index (Phi) is 5.05. The molecule has 0 radical (unpaired) electrons. The number of methoxy groups -OCH3 is 1. The van der Waals surface area contributed by atoms with Gasteiger partial charge in [0.05, 0.1) is 18.8 Å². The molecular formula is C24H28O3. The Morgan fingerprint density at radius 2 is 2.00 bits per heavy atom. The fraction of sp³-hybridized carbons (Fsp3) is 0.458. The highest BCUT2D eigenvalue weighted by Gasteiger charge is 2.46. The van der Waals surface area contributed by atoms with E-state index in [9.17, 15) is 9.90 Å². The van der Waals surface area contributed by atoms with Crippen molar-refractivity contribution in [3.05, 3.63) is 70.8 Å². The van der Waals surface area contributed by atoms with E-state index in [0.717, 1.165) is 44.9 Å². The summed E-state index contributed by atoms with van der Waals surface area (Å²) in [5.41, 5.74) is 4.70. The molecule has 0 saturated heterocycles. The van der Waals surface area contributed by atoms with Gasteiger partial charge in [0.2, 0.25) is 0 Å². The Labute approximate surface area is 161 Å². The second-order valence-corrected chi connectivity index (χ2v) is 8.20. The van der Waals surface area contributed by atoms with Gasteiger partial charge in [0.1, 0.15) is 0 Å². The van der Waals surface area contributed by atoms with Crippen LogP contribution < -0.4 is 0 Å². The van der Waals surface area contributed by atoms with Gasteiger partial charge in [0.25, 0.3) is 0 Å². The smallest absolute Gasteiger partial charge is 0.337 e. The van der Waals surface area contributed by atoms with Crippen LogP contribution in [0.25, 0.3) is 0 Å². The molecule has 1 fully saturated rings. The SMILES string of the molecule is COC(=O)c1ccc2c(c1)CCCC1CC(O)CCC21Cc1ccccc1. The quantitative estimate of drug-likeness (QED) is 0.819. The Balaban J connectivity index is 1.81. The summed E-state index contributed by atoms with van der Waals surface area (Å²) < 4.78 is 4.93. The molecule has 142 valence electrons. The molecule has 0 aromatic heterocycles. The number of carbonyl (C=O) groups is 1. The Hall–Kier alpha value is -2.13. The van der Waals surface area contributed by atoms with Crippen molar-refractivity contribution in [1.29, 1.82) is 0 Å². The van der Waals surface area contributed by atoms with Gasteiger partial charge in [-0.2, -0.15) is 0 Å². The summed E-state index contributed by atoms with van der Waals surface area (Å²) in [7, 11) is 1.43. The molecule has 3 atom stereocenters. The van der Waals surface area contributed by atoms with Crippen LogP contribution in [0.1, 0.15) is 59.2 Å². The predicted molar refractivity (Wildman–Crippen MR) is 106 cm³/mol. The maximum absolute atomic E-state index is 12.0. The fourth-order valence-corrected chi connectivity index (χ4v) is 5.41. The Bertz CT molecular complexity index is 814. The first-order chi connectivity index (χ1) is 13.1. The molecule has 0 spiro atoms. The lowest BCUT2D eigenvalue weighted by atomic mass is 9.58. The van der Waals surface area contributed by atoms with Crippen molar-refractivity contribution >= 4 is 5.97 Å². The van der Waals surface area contributed by atoms with Gasteiger partial charge in [-0.3, -0.25) is 0 Å². The molecule has 2 aromatic carbocycles. The number of carbonyl (C=O) groups excluding carboxylic acids is 1. The van der Waals surface area contributed by atoms with Crippen LogP contribution in [0.4, 0.5) is 0 Å². The number of rotatable bonds is 3. The highest BCUT2D eigenvalue weighted by atomic mass is 16.5. The third-order valence-corrected chi connectivity index (χ3v) is 6.69. The first-order valence-electron chi connectivity index (χ1n) is 10.1. The minimum atomic E-state index is -0.269. The zero-order chi connectivity index (χ0) is 18.9. The summed E-state index contributed by atoms with van der Waals surface area (Å²) in [4.78, 5) is 12.0. The topological polar surface area (TPSA) is 46.5 Å². The number of hydrogen-bond acceptors (Lipinski definition) is 3. The molecule has 0 aliphatic heterocycles. The van der Waals surface area contributed by atoms with Crippen molar-refractivity contribution in [2.45, 2.75) is 56.5 Å². The molecule has 1 saturated carbocycles. The second-order valence-electron chi connectivity index (χ2n) is 8.20. The van der Waals surface area contributed by atoms with Crippen molar-refractivity contribution < 1.29 is 14.6 Å². The summed E-state index contributed by atoms with van der Waals surface area (Å²) in [6.07, 6.45) is 6.76. The van der Waals surface area contributed by atoms with E-state index in [0.29, 0.717) is 11.5 Å². The van der Waals surface area contributed by atoms with E-state index in [4.69, 9.17) is 4.74 Å². The average Bonchev–Trinajstić information content (AvgIpc) is 2.84. The van der Waals surface area contributed by atoms with Crippen molar-refractivity contribution in [2.75, 3.05) is 7.11 Å². The van der Waals surface area contributed by atoms with E-state index < -0.39 is 0 Å². The molecule has 0 heterocycles. The average molecular weight is 364 g/mol. The van der Waals surface area contributed by atoms with Crippen LogP contribution in [0, 0.1) is 5.92 Å². The molecule has 0 amide bonds. The molecule has 4 rings (SSSR count). The van der Waals surface area contributed by atoms with E-state index in [1.54, 1.807) is 0 Å². The third-order valence-electron chi connectivity index (χ3n) is 6.69. The zero-order valence-corrected chi connectivity index (χ0v) is 16.0. The molecule has 2 aliphatic rings. The van der Waals surface area contributed by atoms with Crippen LogP contribution in [0.3, 0.4) is 0 Å². The van der Waals surface area contributed by atoms with Gasteiger partial charge in [-0.15, -0.1) is 0 Å². The predicted octanol–water partition coefficient (Wildman–Crippen LogP) is 4.45. The summed E-state index contributed by atoms with van der Waals surface area (Å²) >= 11 is 0. The molecular weight excluding hydrogens is 336 g/mol. The number of aryl methyl sites for hydroxylation is 1. The number of esters is 1. The molecule has 3 unspecified atom stereocenters. The Morgan fingerprint density at radius 3 is 2.78 bits per heavy atom. The summed E-state index contributed by atoms with van der Waals surface area (Å²) in [6, 6.07) is 16.8. The largest absolute Gasteiger partial charge is 0.465 e. The van der Waals surface area contributed by atoms with Gasteiger partial charge in [0.15, 0.2) is 0 Å². The van der Waals surface area contributed by atoms with Gasteiger partial charge in [0, 0.05) is 5.41 Å². The lowest BCUT2D eigenvalue weighted by Gasteiger charge is -2.46. The van der Waals surface area contributed by atoms with Crippen molar-refractivity contribution in [1.82, 2.24) is 0 Å². The van der Waals surface area contributed by atoms with Crippen LogP contribution in [0.2, 0.25) is 0 Å². The van der Waals surface area contributed by atoms with E-state index >= 15 is 0 Å². The molecule has 1 N–H and O–H groups in total. The minimum Gasteiger partial charge on any atom is -0.465 e. The van der Waals surface area contributed by atoms with Gasteiger partial charge < -0.3 is 9.84 Å². The van der Waals surface area contributed by atoms with E-state index in [2.05, 4.69) is 36.4 Å².